The van der Waals surface area contributed by atoms with E-state index in [4.69, 9.17) is 9.26 Å². The molecule has 1 atom stereocenters. The predicted molar refractivity (Wildman–Crippen MR) is 78.0 cm³/mol. The van der Waals surface area contributed by atoms with Gasteiger partial charge in [-0.25, -0.2) is 0 Å². The highest BCUT2D eigenvalue weighted by molar-refractivity contribution is 6.00. The first-order valence-electron chi connectivity index (χ1n) is 7.17. The highest BCUT2D eigenvalue weighted by Gasteiger charge is 2.23. The van der Waals surface area contributed by atoms with Gasteiger partial charge in [0, 0.05) is 18.7 Å². The fraction of sp³-hybridized carbons (Fsp3) is 0.375. The molecule has 0 spiro atoms. The summed E-state index contributed by atoms with van der Waals surface area (Å²) in [5.74, 6) is 0.363. The first kappa shape index (κ1) is 13.8. The van der Waals surface area contributed by atoms with Crippen LogP contribution in [0.4, 0.5) is 0 Å². The molecule has 1 fully saturated rings. The van der Waals surface area contributed by atoms with Gasteiger partial charge < -0.3 is 14.6 Å². The fourth-order valence-corrected chi connectivity index (χ4v) is 2.53. The standard InChI is InChI=1S/C16H18N2O3/c1-11-14(16(19)17-10-13-8-5-9-20-13)15(18-21-11)12-6-3-2-4-7-12/h2-4,6-7,13H,5,8-10H2,1H3,(H,17,19)/t13-/m1/s1. The second-order valence-electron chi connectivity index (χ2n) is 5.17. The van der Waals surface area contributed by atoms with E-state index in [1.807, 2.05) is 30.3 Å². The first-order chi connectivity index (χ1) is 10.3. The Morgan fingerprint density at radius 1 is 1.38 bits per heavy atom. The van der Waals surface area contributed by atoms with Gasteiger partial charge in [-0.2, -0.15) is 0 Å². The van der Waals surface area contributed by atoms with Gasteiger partial charge in [-0.3, -0.25) is 4.79 Å². The van der Waals surface area contributed by atoms with Crippen LogP contribution in [0.5, 0.6) is 0 Å². The van der Waals surface area contributed by atoms with Crippen LogP contribution in [0.15, 0.2) is 34.9 Å². The normalized spacial score (nSPS) is 17.9. The third kappa shape index (κ3) is 2.97. The molecular formula is C16H18N2O3. The summed E-state index contributed by atoms with van der Waals surface area (Å²) in [4.78, 5) is 12.4. The molecule has 0 bridgehead atoms. The van der Waals surface area contributed by atoms with Crippen molar-refractivity contribution in [1.29, 1.82) is 0 Å². The smallest absolute Gasteiger partial charge is 0.257 e. The molecule has 21 heavy (non-hydrogen) atoms. The summed E-state index contributed by atoms with van der Waals surface area (Å²) < 4.78 is 10.7. The second-order valence-corrected chi connectivity index (χ2v) is 5.17. The topological polar surface area (TPSA) is 64.4 Å². The number of carbonyl (C=O) groups is 1. The van der Waals surface area contributed by atoms with Crippen LogP contribution < -0.4 is 5.32 Å². The Balaban J connectivity index is 1.78. The summed E-state index contributed by atoms with van der Waals surface area (Å²) in [6.45, 7) is 3.06. The predicted octanol–water partition coefficient (Wildman–Crippen LogP) is 2.56. The zero-order valence-electron chi connectivity index (χ0n) is 12.0. The summed E-state index contributed by atoms with van der Waals surface area (Å²) in [5, 5.41) is 6.93. The Hall–Kier alpha value is -2.14. The lowest BCUT2D eigenvalue weighted by Crippen LogP contribution is -2.32. The quantitative estimate of drug-likeness (QED) is 0.938. The van der Waals surface area contributed by atoms with Crippen molar-refractivity contribution in [1.82, 2.24) is 10.5 Å². The van der Waals surface area contributed by atoms with E-state index in [0.29, 0.717) is 23.6 Å². The van der Waals surface area contributed by atoms with Crippen molar-refractivity contribution >= 4 is 5.91 Å². The average molecular weight is 286 g/mol. The minimum atomic E-state index is -0.164. The van der Waals surface area contributed by atoms with Gasteiger partial charge in [0.2, 0.25) is 0 Å². The van der Waals surface area contributed by atoms with Crippen molar-refractivity contribution in [2.45, 2.75) is 25.9 Å². The molecule has 0 aliphatic carbocycles. The van der Waals surface area contributed by atoms with Gasteiger partial charge in [0.05, 0.1) is 6.10 Å². The Morgan fingerprint density at radius 2 is 2.19 bits per heavy atom. The van der Waals surface area contributed by atoms with Crippen molar-refractivity contribution < 1.29 is 14.1 Å². The molecule has 1 aliphatic rings. The minimum absolute atomic E-state index is 0.120. The zero-order valence-corrected chi connectivity index (χ0v) is 12.0. The molecule has 2 heterocycles. The Morgan fingerprint density at radius 3 is 2.90 bits per heavy atom. The number of hydrogen-bond donors (Lipinski definition) is 1. The van der Waals surface area contributed by atoms with Crippen LogP contribution in [0.1, 0.15) is 29.0 Å². The van der Waals surface area contributed by atoms with Gasteiger partial charge in [-0.1, -0.05) is 35.5 Å². The number of ether oxygens (including phenoxy) is 1. The Labute approximate surface area is 123 Å². The number of amides is 1. The third-order valence-corrected chi connectivity index (χ3v) is 3.65. The van der Waals surface area contributed by atoms with Crippen LogP contribution in [0.2, 0.25) is 0 Å². The summed E-state index contributed by atoms with van der Waals surface area (Å²) in [5.41, 5.74) is 1.95. The highest BCUT2D eigenvalue weighted by atomic mass is 16.5. The molecule has 0 saturated carbocycles. The first-order valence-corrected chi connectivity index (χ1v) is 7.17. The van der Waals surface area contributed by atoms with E-state index in [0.717, 1.165) is 25.0 Å². The summed E-state index contributed by atoms with van der Waals surface area (Å²) in [6, 6.07) is 9.57. The van der Waals surface area contributed by atoms with Crippen LogP contribution in [0, 0.1) is 6.92 Å². The SMILES string of the molecule is Cc1onc(-c2ccccc2)c1C(=O)NC[C@H]1CCCO1. The largest absolute Gasteiger partial charge is 0.376 e. The minimum Gasteiger partial charge on any atom is -0.376 e. The number of nitrogens with zero attached hydrogens (tertiary/aromatic N) is 1. The van der Waals surface area contributed by atoms with E-state index >= 15 is 0 Å². The van der Waals surface area contributed by atoms with Gasteiger partial charge >= 0.3 is 0 Å². The van der Waals surface area contributed by atoms with E-state index in [2.05, 4.69) is 10.5 Å². The van der Waals surface area contributed by atoms with Gasteiger partial charge in [0.1, 0.15) is 17.0 Å². The maximum absolute atomic E-state index is 12.4. The average Bonchev–Trinajstić information content (AvgIpc) is 3.15. The van der Waals surface area contributed by atoms with Crippen LogP contribution in [0.3, 0.4) is 0 Å². The molecule has 110 valence electrons. The van der Waals surface area contributed by atoms with Crippen LogP contribution in [-0.4, -0.2) is 30.3 Å². The van der Waals surface area contributed by atoms with Gasteiger partial charge in [0.15, 0.2) is 0 Å². The Kier molecular flexibility index (Phi) is 4.01. The van der Waals surface area contributed by atoms with Crippen molar-refractivity contribution in [2.75, 3.05) is 13.2 Å². The molecule has 1 aliphatic heterocycles. The van der Waals surface area contributed by atoms with Crippen LogP contribution in [-0.2, 0) is 4.74 Å². The van der Waals surface area contributed by atoms with Crippen LogP contribution >= 0.6 is 0 Å². The molecule has 0 unspecified atom stereocenters. The lowest BCUT2D eigenvalue weighted by molar-refractivity contribution is 0.0857. The lowest BCUT2D eigenvalue weighted by Gasteiger charge is -2.10. The van der Waals surface area contributed by atoms with Crippen molar-refractivity contribution in [2.24, 2.45) is 0 Å². The molecule has 2 aromatic rings. The monoisotopic (exact) mass is 286 g/mol. The van der Waals surface area contributed by atoms with E-state index in [1.54, 1.807) is 6.92 Å². The van der Waals surface area contributed by atoms with E-state index in [1.165, 1.54) is 0 Å². The molecular weight excluding hydrogens is 268 g/mol. The van der Waals surface area contributed by atoms with Crippen molar-refractivity contribution in [3.8, 4) is 11.3 Å². The molecule has 1 aromatic carbocycles. The third-order valence-electron chi connectivity index (χ3n) is 3.65. The summed E-state index contributed by atoms with van der Waals surface area (Å²) in [6.07, 6.45) is 2.17. The molecule has 1 amide bonds. The van der Waals surface area contributed by atoms with Crippen LogP contribution in [0.25, 0.3) is 11.3 Å². The number of carbonyl (C=O) groups excluding carboxylic acids is 1. The number of rotatable bonds is 4. The molecule has 0 radical (unpaired) electrons. The molecule has 1 aromatic heterocycles. The molecule has 5 nitrogen and oxygen atoms in total. The van der Waals surface area contributed by atoms with Gasteiger partial charge in [0.25, 0.3) is 5.91 Å². The molecule has 1 saturated heterocycles. The maximum Gasteiger partial charge on any atom is 0.257 e. The number of hydrogen-bond acceptors (Lipinski definition) is 4. The fourth-order valence-electron chi connectivity index (χ4n) is 2.53. The molecule has 5 heteroatoms. The maximum atomic E-state index is 12.4. The van der Waals surface area contributed by atoms with Crippen molar-refractivity contribution in [3.63, 3.8) is 0 Å². The lowest BCUT2D eigenvalue weighted by atomic mass is 10.1. The van der Waals surface area contributed by atoms with Crippen molar-refractivity contribution in [3.05, 3.63) is 41.7 Å². The number of aryl methyl sites for hydroxylation is 1. The highest BCUT2D eigenvalue weighted by Crippen LogP contribution is 2.25. The molecule has 3 rings (SSSR count). The number of aromatic nitrogens is 1. The number of benzene rings is 1. The zero-order chi connectivity index (χ0) is 14.7. The van der Waals surface area contributed by atoms with E-state index < -0.39 is 0 Å². The summed E-state index contributed by atoms with van der Waals surface area (Å²) in [7, 11) is 0. The van der Waals surface area contributed by atoms with Gasteiger partial charge in [-0.05, 0) is 19.8 Å². The second kappa shape index (κ2) is 6.10. The summed E-state index contributed by atoms with van der Waals surface area (Å²) >= 11 is 0. The Bertz CT molecular complexity index is 616. The number of nitrogens with one attached hydrogen (secondary N) is 1. The van der Waals surface area contributed by atoms with Gasteiger partial charge in [-0.15, -0.1) is 0 Å². The van der Waals surface area contributed by atoms with E-state index in [9.17, 15) is 4.79 Å². The molecule has 1 N–H and O–H groups in total. The van der Waals surface area contributed by atoms with E-state index in [-0.39, 0.29) is 12.0 Å².